The Hall–Kier alpha value is -0.570. The summed E-state index contributed by atoms with van der Waals surface area (Å²) in [5, 5.41) is 10.2. The number of aliphatic hydroxyl groups is 1. The molecule has 0 aromatic carbocycles. The Bertz CT molecular complexity index is 188. The van der Waals surface area contributed by atoms with E-state index in [2.05, 4.69) is 0 Å². The monoisotopic (exact) mass is 230 g/mol. The smallest absolute Gasteiger partial charge is 0.311 e. The largest absolute Gasteiger partial charge is 0.466 e. The number of rotatable bonds is 8. The molecule has 0 aliphatic carbocycles. The van der Waals surface area contributed by atoms with Crippen molar-refractivity contribution in [1.29, 1.82) is 0 Å². The first-order valence-corrected chi connectivity index (χ1v) is 6.46. The number of carbonyl (C=O) groups excluding carboxylic acids is 1. The fraction of sp³-hybridized carbons (Fsp3) is 0.923. The van der Waals surface area contributed by atoms with Crippen molar-refractivity contribution in [2.45, 2.75) is 59.5 Å². The lowest BCUT2D eigenvalue weighted by molar-refractivity contribution is -0.154. The van der Waals surface area contributed by atoms with Gasteiger partial charge in [-0.1, -0.05) is 40.0 Å². The number of carbonyl (C=O) groups is 1. The van der Waals surface area contributed by atoms with Crippen molar-refractivity contribution in [3.05, 3.63) is 0 Å². The fourth-order valence-electron chi connectivity index (χ4n) is 2.09. The Morgan fingerprint density at radius 1 is 1.19 bits per heavy atom. The van der Waals surface area contributed by atoms with Gasteiger partial charge >= 0.3 is 5.97 Å². The van der Waals surface area contributed by atoms with Crippen LogP contribution in [0.4, 0.5) is 0 Å². The van der Waals surface area contributed by atoms with Crippen LogP contribution in [0, 0.1) is 11.8 Å². The first kappa shape index (κ1) is 15.4. The van der Waals surface area contributed by atoms with E-state index in [4.69, 9.17) is 4.74 Å². The van der Waals surface area contributed by atoms with Crippen molar-refractivity contribution in [2.24, 2.45) is 11.8 Å². The van der Waals surface area contributed by atoms with E-state index in [1.807, 2.05) is 20.8 Å². The van der Waals surface area contributed by atoms with Crippen LogP contribution in [0.15, 0.2) is 0 Å². The van der Waals surface area contributed by atoms with Crippen molar-refractivity contribution >= 4 is 5.97 Å². The van der Waals surface area contributed by atoms with Gasteiger partial charge in [-0.15, -0.1) is 0 Å². The lowest BCUT2D eigenvalue weighted by Gasteiger charge is -2.27. The molecular weight excluding hydrogens is 204 g/mol. The Kier molecular flexibility index (Phi) is 8.26. The highest BCUT2D eigenvalue weighted by Crippen LogP contribution is 2.24. The van der Waals surface area contributed by atoms with Crippen LogP contribution in [0.5, 0.6) is 0 Å². The summed E-state index contributed by atoms with van der Waals surface area (Å²) in [4.78, 5) is 11.7. The zero-order valence-corrected chi connectivity index (χ0v) is 11.0. The zero-order chi connectivity index (χ0) is 12.6. The van der Waals surface area contributed by atoms with Crippen molar-refractivity contribution < 1.29 is 14.6 Å². The first-order valence-electron chi connectivity index (χ1n) is 6.46. The SMILES string of the molecule is CCCC(C(=O)OCC)C(O)C(CC)CC. The van der Waals surface area contributed by atoms with Crippen molar-refractivity contribution in [3.63, 3.8) is 0 Å². The summed E-state index contributed by atoms with van der Waals surface area (Å²) in [6, 6.07) is 0. The third-order valence-corrected chi connectivity index (χ3v) is 3.13. The van der Waals surface area contributed by atoms with E-state index in [0.717, 1.165) is 19.3 Å². The van der Waals surface area contributed by atoms with Crippen LogP contribution in [0.2, 0.25) is 0 Å². The van der Waals surface area contributed by atoms with Gasteiger partial charge in [0.15, 0.2) is 0 Å². The van der Waals surface area contributed by atoms with E-state index < -0.39 is 6.10 Å². The van der Waals surface area contributed by atoms with Gasteiger partial charge in [-0.3, -0.25) is 4.79 Å². The molecule has 3 heteroatoms. The summed E-state index contributed by atoms with van der Waals surface area (Å²) in [6.07, 6.45) is 2.83. The first-order chi connectivity index (χ1) is 7.62. The molecule has 3 nitrogen and oxygen atoms in total. The van der Waals surface area contributed by atoms with Gasteiger partial charge < -0.3 is 9.84 Å². The van der Waals surface area contributed by atoms with Gasteiger partial charge in [0.25, 0.3) is 0 Å². The number of hydrogen-bond donors (Lipinski definition) is 1. The topological polar surface area (TPSA) is 46.5 Å². The molecular formula is C13H26O3. The normalized spacial score (nSPS) is 14.9. The number of esters is 1. The molecule has 0 rings (SSSR count). The molecule has 0 aliphatic heterocycles. The van der Waals surface area contributed by atoms with Crippen molar-refractivity contribution in [2.75, 3.05) is 6.61 Å². The molecule has 16 heavy (non-hydrogen) atoms. The standard InChI is InChI=1S/C13H26O3/c1-5-9-11(13(15)16-8-4)12(14)10(6-2)7-3/h10-12,14H,5-9H2,1-4H3. The van der Waals surface area contributed by atoms with Crippen LogP contribution in [-0.2, 0) is 9.53 Å². The maximum absolute atomic E-state index is 11.7. The maximum atomic E-state index is 11.7. The van der Waals surface area contributed by atoms with Crippen LogP contribution in [0.25, 0.3) is 0 Å². The van der Waals surface area contributed by atoms with E-state index in [9.17, 15) is 9.90 Å². The second-order valence-electron chi connectivity index (χ2n) is 4.21. The second-order valence-corrected chi connectivity index (χ2v) is 4.21. The fourth-order valence-corrected chi connectivity index (χ4v) is 2.09. The van der Waals surface area contributed by atoms with Gasteiger partial charge in [-0.05, 0) is 19.3 Å². The van der Waals surface area contributed by atoms with Crippen molar-refractivity contribution in [3.8, 4) is 0 Å². The summed E-state index contributed by atoms with van der Waals surface area (Å²) in [5.41, 5.74) is 0. The molecule has 0 radical (unpaired) electrons. The van der Waals surface area contributed by atoms with Gasteiger partial charge in [0.05, 0.1) is 18.6 Å². The molecule has 2 atom stereocenters. The van der Waals surface area contributed by atoms with Crippen LogP contribution in [-0.4, -0.2) is 23.8 Å². The molecule has 0 aromatic heterocycles. The van der Waals surface area contributed by atoms with Crippen LogP contribution < -0.4 is 0 Å². The van der Waals surface area contributed by atoms with E-state index in [0.29, 0.717) is 13.0 Å². The molecule has 0 saturated carbocycles. The number of ether oxygens (including phenoxy) is 1. The third-order valence-electron chi connectivity index (χ3n) is 3.13. The molecule has 0 amide bonds. The summed E-state index contributed by atoms with van der Waals surface area (Å²) < 4.78 is 5.02. The Morgan fingerprint density at radius 2 is 1.75 bits per heavy atom. The molecule has 0 aromatic rings. The summed E-state index contributed by atoms with van der Waals surface area (Å²) in [6.45, 7) is 8.29. The molecule has 0 bridgehead atoms. The van der Waals surface area contributed by atoms with E-state index in [-0.39, 0.29) is 17.8 Å². The molecule has 0 fully saturated rings. The van der Waals surface area contributed by atoms with Gasteiger partial charge in [0.1, 0.15) is 0 Å². The Morgan fingerprint density at radius 3 is 2.12 bits per heavy atom. The minimum Gasteiger partial charge on any atom is -0.466 e. The molecule has 1 N–H and O–H groups in total. The van der Waals surface area contributed by atoms with Crippen LogP contribution >= 0.6 is 0 Å². The van der Waals surface area contributed by atoms with E-state index >= 15 is 0 Å². The number of aliphatic hydroxyl groups excluding tert-OH is 1. The Balaban J connectivity index is 4.55. The lowest BCUT2D eigenvalue weighted by Crippen LogP contribution is -2.35. The van der Waals surface area contributed by atoms with Gasteiger partial charge in [0, 0.05) is 0 Å². The maximum Gasteiger partial charge on any atom is 0.311 e. The predicted octanol–water partition coefficient (Wildman–Crippen LogP) is 2.76. The number of hydrogen-bond acceptors (Lipinski definition) is 3. The minimum atomic E-state index is -0.561. The average Bonchev–Trinajstić information content (AvgIpc) is 2.27. The molecule has 2 unspecified atom stereocenters. The third kappa shape index (κ3) is 4.52. The molecule has 0 spiro atoms. The highest BCUT2D eigenvalue weighted by Gasteiger charge is 2.31. The highest BCUT2D eigenvalue weighted by molar-refractivity contribution is 5.73. The van der Waals surface area contributed by atoms with Crippen LogP contribution in [0.3, 0.4) is 0 Å². The van der Waals surface area contributed by atoms with E-state index in [1.165, 1.54) is 0 Å². The van der Waals surface area contributed by atoms with Crippen molar-refractivity contribution in [1.82, 2.24) is 0 Å². The van der Waals surface area contributed by atoms with E-state index in [1.54, 1.807) is 6.92 Å². The van der Waals surface area contributed by atoms with Gasteiger partial charge in [-0.25, -0.2) is 0 Å². The summed E-state index contributed by atoms with van der Waals surface area (Å²) >= 11 is 0. The highest BCUT2D eigenvalue weighted by atomic mass is 16.5. The quantitative estimate of drug-likeness (QED) is 0.652. The van der Waals surface area contributed by atoms with Gasteiger partial charge in [-0.2, -0.15) is 0 Å². The lowest BCUT2D eigenvalue weighted by atomic mass is 9.85. The Labute approximate surface area is 99.2 Å². The molecule has 0 saturated heterocycles. The van der Waals surface area contributed by atoms with Gasteiger partial charge in [0.2, 0.25) is 0 Å². The zero-order valence-electron chi connectivity index (χ0n) is 11.0. The molecule has 0 heterocycles. The molecule has 0 aliphatic rings. The second kappa shape index (κ2) is 8.57. The molecule has 96 valence electrons. The minimum absolute atomic E-state index is 0.195. The summed E-state index contributed by atoms with van der Waals surface area (Å²) in [5.74, 6) is -0.403. The predicted molar refractivity (Wildman–Crippen MR) is 65.1 cm³/mol. The summed E-state index contributed by atoms with van der Waals surface area (Å²) in [7, 11) is 0. The van der Waals surface area contributed by atoms with Crippen LogP contribution in [0.1, 0.15) is 53.4 Å². The average molecular weight is 230 g/mol.